The second-order valence-corrected chi connectivity index (χ2v) is 3.63. The molecule has 0 aliphatic rings. The minimum absolute atomic E-state index is 0.167. The average Bonchev–Trinajstić information content (AvgIpc) is 2.35. The Hall–Kier alpha value is -1.94. The van der Waals surface area contributed by atoms with Crippen LogP contribution in [-0.2, 0) is 6.61 Å². The van der Waals surface area contributed by atoms with Crippen LogP contribution in [-0.4, -0.2) is 10.1 Å². The Morgan fingerprint density at radius 2 is 2.18 bits per heavy atom. The average molecular weight is 233 g/mol. The first-order valence-corrected chi connectivity index (χ1v) is 5.19. The summed E-state index contributed by atoms with van der Waals surface area (Å²) >= 11 is 0. The van der Waals surface area contributed by atoms with E-state index in [0.717, 1.165) is 0 Å². The maximum atomic E-state index is 13.7. The van der Waals surface area contributed by atoms with E-state index in [1.165, 1.54) is 6.20 Å². The summed E-state index contributed by atoms with van der Waals surface area (Å²) in [5.41, 5.74) is 1.01. The molecule has 2 rings (SSSR count). The van der Waals surface area contributed by atoms with Gasteiger partial charge in [0.05, 0.1) is 12.3 Å². The minimum atomic E-state index is -0.380. The molecule has 1 heterocycles. The minimum Gasteiger partial charge on any atom is -0.454 e. The Kier molecular flexibility index (Phi) is 3.35. The van der Waals surface area contributed by atoms with E-state index in [2.05, 4.69) is 4.98 Å². The Labute approximate surface area is 98.5 Å². The number of benzene rings is 1. The van der Waals surface area contributed by atoms with Crippen LogP contribution in [0.4, 0.5) is 4.39 Å². The Bertz CT molecular complexity index is 529. The zero-order chi connectivity index (χ0) is 12.3. The summed E-state index contributed by atoms with van der Waals surface area (Å²) in [6, 6.07) is 8.14. The molecule has 1 aromatic heterocycles. The quantitative estimate of drug-likeness (QED) is 0.886. The van der Waals surface area contributed by atoms with Crippen molar-refractivity contribution >= 4 is 0 Å². The summed E-state index contributed by atoms with van der Waals surface area (Å²) in [4.78, 5) is 3.92. The summed E-state index contributed by atoms with van der Waals surface area (Å²) in [6.07, 6.45) is 1.51. The molecule has 0 atom stereocenters. The van der Waals surface area contributed by atoms with Gasteiger partial charge < -0.3 is 9.84 Å². The third kappa shape index (κ3) is 2.60. The molecule has 2 aromatic rings. The van der Waals surface area contributed by atoms with Crippen molar-refractivity contribution in [2.75, 3.05) is 0 Å². The third-order valence-corrected chi connectivity index (χ3v) is 2.33. The number of aliphatic hydroxyl groups is 1. The number of aromatic nitrogens is 1. The summed E-state index contributed by atoms with van der Waals surface area (Å²) in [5.74, 6) is 0.239. The number of rotatable bonds is 3. The van der Waals surface area contributed by atoms with Crippen molar-refractivity contribution in [3.8, 4) is 11.5 Å². The van der Waals surface area contributed by atoms with E-state index in [4.69, 9.17) is 9.84 Å². The van der Waals surface area contributed by atoms with Crippen LogP contribution in [0.3, 0.4) is 0 Å². The molecule has 0 radical (unpaired) electrons. The number of ether oxygens (including phenoxy) is 1. The smallest absolute Gasteiger partial charge is 0.168 e. The van der Waals surface area contributed by atoms with Crippen molar-refractivity contribution in [1.29, 1.82) is 0 Å². The number of hydrogen-bond acceptors (Lipinski definition) is 3. The standard InChI is InChI=1S/C13H12FNO2/c1-9-3-2-4-12(13(9)14)17-11-5-6-15-10(7-11)8-16/h2-7,16H,8H2,1H3. The first-order valence-electron chi connectivity index (χ1n) is 5.19. The topological polar surface area (TPSA) is 42.4 Å². The van der Waals surface area contributed by atoms with E-state index in [1.807, 2.05) is 0 Å². The zero-order valence-electron chi connectivity index (χ0n) is 9.35. The lowest BCUT2D eigenvalue weighted by Crippen LogP contribution is -1.93. The van der Waals surface area contributed by atoms with E-state index < -0.39 is 0 Å². The molecule has 0 spiro atoms. The van der Waals surface area contributed by atoms with Crippen LogP contribution in [0.15, 0.2) is 36.5 Å². The van der Waals surface area contributed by atoms with Gasteiger partial charge in [-0.1, -0.05) is 12.1 Å². The molecule has 0 bridgehead atoms. The predicted molar refractivity (Wildman–Crippen MR) is 61.4 cm³/mol. The number of nitrogens with zero attached hydrogens (tertiary/aromatic N) is 1. The summed E-state index contributed by atoms with van der Waals surface area (Å²) in [5, 5.41) is 8.93. The molecule has 0 saturated heterocycles. The lowest BCUT2D eigenvalue weighted by atomic mass is 10.2. The highest BCUT2D eigenvalue weighted by Gasteiger charge is 2.07. The van der Waals surface area contributed by atoms with Gasteiger partial charge in [-0.2, -0.15) is 0 Å². The molecule has 0 amide bonds. The van der Waals surface area contributed by atoms with Crippen molar-refractivity contribution < 1.29 is 14.2 Å². The van der Waals surface area contributed by atoms with Gasteiger partial charge in [-0.05, 0) is 24.6 Å². The molecule has 17 heavy (non-hydrogen) atoms. The van der Waals surface area contributed by atoms with Gasteiger partial charge in [-0.3, -0.25) is 4.98 Å². The Balaban J connectivity index is 2.28. The maximum absolute atomic E-state index is 13.7. The molecule has 4 heteroatoms. The first-order chi connectivity index (χ1) is 8.20. The number of aliphatic hydroxyl groups excluding tert-OH is 1. The van der Waals surface area contributed by atoms with Gasteiger partial charge in [0.1, 0.15) is 5.75 Å². The van der Waals surface area contributed by atoms with Gasteiger partial charge in [0.15, 0.2) is 11.6 Å². The predicted octanol–water partition coefficient (Wildman–Crippen LogP) is 2.81. The van der Waals surface area contributed by atoms with Crippen LogP contribution >= 0.6 is 0 Å². The third-order valence-electron chi connectivity index (χ3n) is 2.33. The van der Waals surface area contributed by atoms with E-state index in [-0.39, 0.29) is 18.2 Å². The van der Waals surface area contributed by atoms with Crippen LogP contribution in [0.25, 0.3) is 0 Å². The molecule has 1 aromatic carbocycles. The van der Waals surface area contributed by atoms with Crippen LogP contribution in [0.2, 0.25) is 0 Å². The van der Waals surface area contributed by atoms with Crippen LogP contribution < -0.4 is 4.74 Å². The van der Waals surface area contributed by atoms with E-state index in [0.29, 0.717) is 17.0 Å². The van der Waals surface area contributed by atoms with E-state index >= 15 is 0 Å². The molecule has 3 nitrogen and oxygen atoms in total. The van der Waals surface area contributed by atoms with Crippen molar-refractivity contribution in [3.05, 3.63) is 53.6 Å². The SMILES string of the molecule is Cc1cccc(Oc2ccnc(CO)c2)c1F. The highest BCUT2D eigenvalue weighted by Crippen LogP contribution is 2.26. The molecule has 0 fully saturated rings. The monoisotopic (exact) mass is 233 g/mol. The first kappa shape index (κ1) is 11.5. The molecule has 0 saturated carbocycles. The van der Waals surface area contributed by atoms with Crippen LogP contribution in [0.1, 0.15) is 11.3 Å². The Morgan fingerprint density at radius 1 is 1.35 bits per heavy atom. The molecular weight excluding hydrogens is 221 g/mol. The highest BCUT2D eigenvalue weighted by atomic mass is 19.1. The lowest BCUT2D eigenvalue weighted by molar-refractivity contribution is 0.276. The van der Waals surface area contributed by atoms with Crippen molar-refractivity contribution in [2.24, 2.45) is 0 Å². The largest absolute Gasteiger partial charge is 0.454 e. The summed E-state index contributed by atoms with van der Waals surface area (Å²) < 4.78 is 19.1. The summed E-state index contributed by atoms with van der Waals surface area (Å²) in [6.45, 7) is 1.50. The lowest BCUT2D eigenvalue weighted by Gasteiger charge is -2.08. The number of pyridine rings is 1. The van der Waals surface area contributed by atoms with Crippen molar-refractivity contribution in [1.82, 2.24) is 4.98 Å². The maximum Gasteiger partial charge on any atom is 0.168 e. The Morgan fingerprint density at radius 3 is 2.94 bits per heavy atom. The molecular formula is C13H12FNO2. The highest BCUT2D eigenvalue weighted by molar-refractivity contribution is 5.35. The van der Waals surface area contributed by atoms with Gasteiger partial charge in [0.25, 0.3) is 0 Å². The second kappa shape index (κ2) is 4.93. The van der Waals surface area contributed by atoms with Gasteiger partial charge in [0.2, 0.25) is 0 Å². The van der Waals surface area contributed by atoms with E-state index in [9.17, 15) is 4.39 Å². The van der Waals surface area contributed by atoms with E-state index in [1.54, 1.807) is 37.3 Å². The van der Waals surface area contributed by atoms with Gasteiger partial charge >= 0.3 is 0 Å². The second-order valence-electron chi connectivity index (χ2n) is 3.63. The van der Waals surface area contributed by atoms with Crippen LogP contribution in [0, 0.1) is 12.7 Å². The molecule has 1 N–H and O–H groups in total. The molecule has 0 aliphatic heterocycles. The summed E-state index contributed by atoms with van der Waals surface area (Å²) in [7, 11) is 0. The van der Waals surface area contributed by atoms with Gasteiger partial charge in [-0.15, -0.1) is 0 Å². The molecule has 88 valence electrons. The number of aryl methyl sites for hydroxylation is 1. The van der Waals surface area contributed by atoms with Gasteiger partial charge in [0, 0.05) is 12.3 Å². The normalized spacial score (nSPS) is 10.3. The van der Waals surface area contributed by atoms with Gasteiger partial charge in [-0.25, -0.2) is 4.39 Å². The number of hydrogen-bond donors (Lipinski definition) is 1. The van der Waals surface area contributed by atoms with Crippen LogP contribution in [0.5, 0.6) is 11.5 Å². The fraction of sp³-hybridized carbons (Fsp3) is 0.154. The molecule has 0 unspecified atom stereocenters. The fourth-order valence-electron chi connectivity index (χ4n) is 1.43. The number of halogens is 1. The fourth-order valence-corrected chi connectivity index (χ4v) is 1.43. The van der Waals surface area contributed by atoms with Crippen molar-refractivity contribution in [3.63, 3.8) is 0 Å². The zero-order valence-corrected chi connectivity index (χ0v) is 9.35. The van der Waals surface area contributed by atoms with Crippen molar-refractivity contribution in [2.45, 2.75) is 13.5 Å². The molecule has 0 aliphatic carbocycles.